The number of benzene rings is 2. The fourth-order valence-electron chi connectivity index (χ4n) is 4.49. The molecular formula is C27H33N7O3. The molecule has 0 bridgehead atoms. The number of aromatic nitrogens is 3. The van der Waals surface area contributed by atoms with Crippen molar-refractivity contribution in [1.29, 1.82) is 0 Å². The van der Waals surface area contributed by atoms with E-state index in [0.717, 1.165) is 22.2 Å². The first-order valence-electron chi connectivity index (χ1n) is 12.2. The third-order valence-electron chi connectivity index (χ3n) is 6.31. The molecule has 4 rings (SSSR count). The van der Waals surface area contributed by atoms with E-state index in [1.165, 1.54) is 0 Å². The average Bonchev–Trinajstić information content (AvgIpc) is 3.27. The number of anilines is 3. The molecular weight excluding hydrogens is 470 g/mol. The van der Waals surface area contributed by atoms with Gasteiger partial charge in [-0.3, -0.25) is 10.1 Å². The molecule has 10 nitrogen and oxygen atoms in total. The Balaban J connectivity index is 1.83. The van der Waals surface area contributed by atoms with Crippen LogP contribution < -0.4 is 15.4 Å². The van der Waals surface area contributed by atoms with Crippen LogP contribution in [-0.4, -0.2) is 59.2 Å². The van der Waals surface area contributed by atoms with Gasteiger partial charge in [0.2, 0.25) is 5.95 Å². The lowest BCUT2D eigenvalue weighted by atomic mass is 10.0. The molecule has 0 spiro atoms. The van der Waals surface area contributed by atoms with Crippen molar-refractivity contribution in [2.24, 2.45) is 0 Å². The maximum absolute atomic E-state index is 12.1. The van der Waals surface area contributed by atoms with Crippen molar-refractivity contribution in [3.05, 3.63) is 64.5 Å². The first-order chi connectivity index (χ1) is 17.7. The molecule has 10 heteroatoms. The van der Waals surface area contributed by atoms with Crippen molar-refractivity contribution in [2.45, 2.75) is 26.3 Å². The van der Waals surface area contributed by atoms with Gasteiger partial charge in [0.25, 0.3) is 5.69 Å². The van der Waals surface area contributed by atoms with Gasteiger partial charge in [-0.1, -0.05) is 18.2 Å². The van der Waals surface area contributed by atoms with Crippen molar-refractivity contribution in [2.75, 3.05) is 45.4 Å². The Labute approximate surface area is 216 Å². The van der Waals surface area contributed by atoms with Crippen molar-refractivity contribution in [1.82, 2.24) is 19.4 Å². The van der Waals surface area contributed by atoms with Gasteiger partial charge in [-0.15, -0.1) is 0 Å². The number of ether oxygens (including phenoxy) is 1. The van der Waals surface area contributed by atoms with E-state index in [9.17, 15) is 10.1 Å². The van der Waals surface area contributed by atoms with Crippen molar-refractivity contribution >= 4 is 33.9 Å². The Morgan fingerprint density at radius 1 is 1.22 bits per heavy atom. The number of nitrogens with one attached hydrogen (secondary N) is 2. The van der Waals surface area contributed by atoms with Crippen LogP contribution >= 0.6 is 0 Å². The van der Waals surface area contributed by atoms with E-state index in [-0.39, 0.29) is 16.7 Å². The van der Waals surface area contributed by atoms with Gasteiger partial charge in [-0.25, -0.2) is 9.97 Å². The summed E-state index contributed by atoms with van der Waals surface area (Å²) in [4.78, 5) is 23.0. The molecule has 0 saturated carbocycles. The lowest BCUT2D eigenvalue weighted by Gasteiger charge is -2.19. The maximum Gasteiger partial charge on any atom is 0.297 e. The van der Waals surface area contributed by atoms with Crippen LogP contribution in [0.25, 0.3) is 22.2 Å². The summed E-state index contributed by atoms with van der Waals surface area (Å²) in [6.07, 6.45) is 4.23. The van der Waals surface area contributed by atoms with Gasteiger partial charge < -0.3 is 24.8 Å². The van der Waals surface area contributed by atoms with Crippen LogP contribution in [0.1, 0.15) is 25.5 Å². The third-order valence-corrected chi connectivity index (χ3v) is 6.31. The van der Waals surface area contributed by atoms with Crippen molar-refractivity contribution in [3.63, 3.8) is 0 Å². The van der Waals surface area contributed by atoms with E-state index in [1.807, 2.05) is 37.2 Å². The first kappa shape index (κ1) is 25.9. The Kier molecular flexibility index (Phi) is 7.58. The summed E-state index contributed by atoms with van der Waals surface area (Å²) in [6.45, 7) is 4.90. The highest BCUT2D eigenvalue weighted by Crippen LogP contribution is 2.43. The second kappa shape index (κ2) is 10.8. The van der Waals surface area contributed by atoms with E-state index in [0.29, 0.717) is 41.6 Å². The highest BCUT2D eigenvalue weighted by Gasteiger charge is 2.27. The van der Waals surface area contributed by atoms with E-state index in [1.54, 1.807) is 26.4 Å². The molecule has 2 aromatic heterocycles. The van der Waals surface area contributed by atoms with E-state index in [2.05, 4.69) is 52.4 Å². The normalized spacial score (nSPS) is 11.4. The molecule has 2 heterocycles. The summed E-state index contributed by atoms with van der Waals surface area (Å²) in [6, 6.07) is 12.0. The first-order valence-corrected chi connectivity index (χ1v) is 12.2. The SMILES string of the molecule is CNc1cc(OC)c(Nc2nccc(-c3cn(C(C)C)c4ccccc34)n2)c(CCN(C)C)c1[N+](=O)[O-]. The van der Waals surface area contributed by atoms with Gasteiger partial charge in [0.15, 0.2) is 0 Å². The van der Waals surface area contributed by atoms with E-state index in [4.69, 9.17) is 9.72 Å². The van der Waals surface area contributed by atoms with Gasteiger partial charge in [0, 0.05) is 54.6 Å². The van der Waals surface area contributed by atoms with Gasteiger partial charge >= 0.3 is 0 Å². The number of rotatable bonds is 10. The zero-order valence-corrected chi connectivity index (χ0v) is 22.1. The molecule has 194 valence electrons. The summed E-state index contributed by atoms with van der Waals surface area (Å²) in [5, 5.41) is 19.4. The van der Waals surface area contributed by atoms with E-state index < -0.39 is 0 Å². The molecule has 4 aromatic rings. The van der Waals surface area contributed by atoms with Gasteiger partial charge in [0.1, 0.15) is 11.4 Å². The number of nitrogens with zero attached hydrogens (tertiary/aromatic N) is 5. The number of nitro benzene ring substituents is 1. The second-order valence-corrected chi connectivity index (χ2v) is 9.34. The molecule has 0 unspecified atom stereocenters. The Hall–Kier alpha value is -4.18. The standard InChI is InChI=1S/C27H33N7O3/c1-17(2)33-16-20(18-9-7-8-10-23(18)33)21-11-13-29-27(30-21)31-25-19(12-14-32(4)5)26(34(35)36)22(28-3)15-24(25)37-6/h7-11,13,15-17,28H,12,14H2,1-6H3,(H,29,30,31). The fraction of sp³-hybridized carbons (Fsp3) is 0.333. The zero-order chi connectivity index (χ0) is 26.7. The smallest absolute Gasteiger partial charge is 0.297 e. The second-order valence-electron chi connectivity index (χ2n) is 9.34. The minimum absolute atomic E-state index is 0.00353. The van der Waals surface area contributed by atoms with Crippen molar-refractivity contribution < 1.29 is 9.66 Å². The molecule has 0 aliphatic rings. The fourth-order valence-corrected chi connectivity index (χ4v) is 4.49. The van der Waals surface area contributed by atoms with Crippen LogP contribution in [-0.2, 0) is 6.42 Å². The van der Waals surface area contributed by atoms with Crippen LogP contribution in [0.4, 0.5) is 23.0 Å². The number of methoxy groups -OCH3 is 1. The van der Waals surface area contributed by atoms with Crippen LogP contribution in [0.5, 0.6) is 5.75 Å². The molecule has 0 aliphatic carbocycles. The predicted molar refractivity (Wildman–Crippen MR) is 148 cm³/mol. The van der Waals surface area contributed by atoms with Gasteiger partial charge in [0.05, 0.1) is 29.0 Å². The van der Waals surface area contributed by atoms with Crippen LogP contribution in [0.3, 0.4) is 0 Å². The predicted octanol–water partition coefficient (Wildman–Crippen LogP) is 5.49. The summed E-state index contributed by atoms with van der Waals surface area (Å²) in [7, 11) is 7.06. The van der Waals surface area contributed by atoms with Crippen molar-refractivity contribution in [3.8, 4) is 17.0 Å². The Bertz CT molecular complexity index is 1430. The molecule has 0 saturated heterocycles. The maximum atomic E-state index is 12.1. The number of hydrogen-bond acceptors (Lipinski definition) is 8. The number of fused-ring (bicyclic) bond motifs is 1. The molecule has 0 amide bonds. The largest absolute Gasteiger partial charge is 0.494 e. The number of para-hydroxylation sites is 1. The summed E-state index contributed by atoms with van der Waals surface area (Å²) in [5.74, 6) is 0.795. The van der Waals surface area contributed by atoms with Crippen LogP contribution in [0.2, 0.25) is 0 Å². The Morgan fingerprint density at radius 3 is 2.62 bits per heavy atom. The van der Waals surface area contributed by atoms with E-state index >= 15 is 0 Å². The number of hydrogen-bond donors (Lipinski definition) is 2. The summed E-state index contributed by atoms with van der Waals surface area (Å²) >= 11 is 0. The Morgan fingerprint density at radius 2 is 1.97 bits per heavy atom. The minimum Gasteiger partial charge on any atom is -0.494 e. The van der Waals surface area contributed by atoms with Gasteiger partial charge in [-0.2, -0.15) is 0 Å². The van der Waals surface area contributed by atoms with Crippen LogP contribution in [0, 0.1) is 10.1 Å². The molecule has 2 N–H and O–H groups in total. The van der Waals surface area contributed by atoms with Crippen LogP contribution in [0.15, 0.2) is 48.8 Å². The highest BCUT2D eigenvalue weighted by atomic mass is 16.6. The number of likely N-dealkylation sites (N-methyl/N-ethyl adjacent to an activating group) is 1. The molecule has 37 heavy (non-hydrogen) atoms. The molecule has 0 radical (unpaired) electrons. The molecule has 2 aromatic carbocycles. The third kappa shape index (κ3) is 5.19. The lowest BCUT2D eigenvalue weighted by molar-refractivity contribution is -0.384. The zero-order valence-electron chi connectivity index (χ0n) is 22.1. The summed E-state index contributed by atoms with van der Waals surface area (Å²) in [5.41, 5.74) is 4.27. The minimum atomic E-state index is -0.362. The molecule has 0 atom stereocenters. The number of nitro groups is 1. The summed E-state index contributed by atoms with van der Waals surface area (Å²) < 4.78 is 7.87. The highest BCUT2D eigenvalue weighted by molar-refractivity contribution is 5.95. The lowest BCUT2D eigenvalue weighted by Crippen LogP contribution is -2.17. The van der Waals surface area contributed by atoms with Gasteiger partial charge in [-0.05, 0) is 46.5 Å². The molecule has 0 fully saturated rings. The topological polar surface area (TPSA) is 110 Å². The quantitative estimate of drug-likeness (QED) is 0.216. The average molecular weight is 504 g/mol. The monoisotopic (exact) mass is 503 g/mol. The molecule has 0 aliphatic heterocycles.